The summed E-state index contributed by atoms with van der Waals surface area (Å²) in [6.45, 7) is 4.41. The average Bonchev–Trinajstić information content (AvgIpc) is 2.80. The minimum atomic E-state index is 0.647. The minimum Gasteiger partial charge on any atom is -0.383 e. The summed E-state index contributed by atoms with van der Waals surface area (Å²) in [6.07, 6.45) is 3.68. The third-order valence-electron chi connectivity index (χ3n) is 3.15. The maximum Gasteiger partial charge on any atom is 0.0373 e. The van der Waals surface area contributed by atoms with Gasteiger partial charge in [0.15, 0.2) is 0 Å². The van der Waals surface area contributed by atoms with Crippen LogP contribution in [0.15, 0.2) is 22.7 Å². The van der Waals surface area contributed by atoms with Gasteiger partial charge in [-0.1, -0.05) is 22.9 Å². The van der Waals surface area contributed by atoms with Crippen LogP contribution in [0.25, 0.3) is 0 Å². The molecule has 0 saturated carbocycles. The van der Waals surface area contributed by atoms with E-state index in [2.05, 4.69) is 51.7 Å². The Bertz CT molecular complexity index is 346. The van der Waals surface area contributed by atoms with E-state index in [1.807, 2.05) is 0 Å². The molecule has 1 fully saturated rings. The summed E-state index contributed by atoms with van der Waals surface area (Å²) >= 11 is 3.51. The molecule has 0 amide bonds. The molecule has 1 aliphatic rings. The molecule has 2 rings (SSSR count). The van der Waals surface area contributed by atoms with E-state index in [0.717, 1.165) is 17.4 Å². The molecule has 1 aliphatic heterocycles. The molecule has 1 atom stereocenters. The quantitative estimate of drug-likeness (QED) is 0.887. The third kappa shape index (κ3) is 2.98. The summed E-state index contributed by atoms with van der Waals surface area (Å²) in [5.41, 5.74) is 2.66. The molecule has 3 heteroatoms. The number of nitrogens with one attached hydrogen (secondary N) is 2. The van der Waals surface area contributed by atoms with E-state index in [0.29, 0.717) is 6.04 Å². The van der Waals surface area contributed by atoms with Gasteiger partial charge in [0.2, 0.25) is 0 Å². The van der Waals surface area contributed by atoms with Gasteiger partial charge < -0.3 is 10.6 Å². The summed E-state index contributed by atoms with van der Waals surface area (Å²) in [7, 11) is 0. The Kier molecular flexibility index (Phi) is 4.24. The molecule has 0 aliphatic carbocycles. The fourth-order valence-electron chi connectivity index (χ4n) is 2.19. The maximum atomic E-state index is 3.55. The van der Waals surface area contributed by atoms with Crippen LogP contribution in [0.1, 0.15) is 25.3 Å². The van der Waals surface area contributed by atoms with Crippen molar-refractivity contribution in [3.8, 4) is 0 Å². The number of rotatable bonds is 4. The number of benzene rings is 1. The smallest absolute Gasteiger partial charge is 0.0373 e. The first-order chi connectivity index (χ1) is 7.79. The fraction of sp³-hybridized carbons (Fsp3) is 0.538. The standard InChI is InChI=1S/C13H19BrN2/c1-2-10-8-11(14)5-6-13(10)16-9-12-4-3-7-15-12/h5-6,8,12,15-16H,2-4,7,9H2,1H3. The highest BCUT2D eigenvalue weighted by molar-refractivity contribution is 9.10. The van der Waals surface area contributed by atoms with Gasteiger partial charge in [-0.05, 0) is 49.6 Å². The van der Waals surface area contributed by atoms with Gasteiger partial charge in [0.1, 0.15) is 0 Å². The molecule has 1 saturated heterocycles. The predicted molar refractivity (Wildman–Crippen MR) is 73.0 cm³/mol. The summed E-state index contributed by atoms with van der Waals surface area (Å²) in [4.78, 5) is 0. The second kappa shape index (κ2) is 5.69. The Morgan fingerprint density at radius 2 is 2.38 bits per heavy atom. The number of anilines is 1. The Morgan fingerprint density at radius 3 is 3.06 bits per heavy atom. The van der Waals surface area contributed by atoms with Crippen molar-refractivity contribution in [3.05, 3.63) is 28.2 Å². The Balaban J connectivity index is 1.97. The molecule has 0 bridgehead atoms. The normalized spacial score (nSPS) is 20.0. The van der Waals surface area contributed by atoms with E-state index in [4.69, 9.17) is 0 Å². The molecule has 16 heavy (non-hydrogen) atoms. The maximum absolute atomic E-state index is 3.55. The third-order valence-corrected chi connectivity index (χ3v) is 3.64. The molecule has 2 nitrogen and oxygen atoms in total. The number of halogens is 1. The second-order valence-corrected chi connectivity index (χ2v) is 5.24. The first kappa shape index (κ1) is 11.9. The summed E-state index contributed by atoms with van der Waals surface area (Å²) in [6, 6.07) is 7.11. The van der Waals surface area contributed by atoms with E-state index in [-0.39, 0.29) is 0 Å². The van der Waals surface area contributed by atoms with Crippen molar-refractivity contribution in [3.63, 3.8) is 0 Å². The van der Waals surface area contributed by atoms with Gasteiger partial charge in [0.05, 0.1) is 0 Å². The van der Waals surface area contributed by atoms with Gasteiger partial charge >= 0.3 is 0 Å². The van der Waals surface area contributed by atoms with Gasteiger partial charge in [0, 0.05) is 22.7 Å². The van der Waals surface area contributed by atoms with Crippen LogP contribution in [0, 0.1) is 0 Å². The number of hydrogen-bond donors (Lipinski definition) is 2. The number of aryl methyl sites for hydroxylation is 1. The zero-order valence-electron chi connectivity index (χ0n) is 9.72. The molecule has 1 heterocycles. The second-order valence-electron chi connectivity index (χ2n) is 4.33. The minimum absolute atomic E-state index is 0.647. The van der Waals surface area contributed by atoms with Crippen molar-refractivity contribution in [1.82, 2.24) is 5.32 Å². The molecule has 0 spiro atoms. The van der Waals surface area contributed by atoms with Gasteiger partial charge in [0.25, 0.3) is 0 Å². The molecule has 0 radical (unpaired) electrons. The topological polar surface area (TPSA) is 24.1 Å². The van der Waals surface area contributed by atoms with E-state index in [1.54, 1.807) is 0 Å². The average molecular weight is 283 g/mol. The van der Waals surface area contributed by atoms with Crippen LogP contribution in [-0.4, -0.2) is 19.1 Å². The van der Waals surface area contributed by atoms with Crippen molar-refractivity contribution in [2.24, 2.45) is 0 Å². The van der Waals surface area contributed by atoms with Gasteiger partial charge in [-0.3, -0.25) is 0 Å². The van der Waals surface area contributed by atoms with Crippen molar-refractivity contribution in [2.45, 2.75) is 32.2 Å². The SMILES string of the molecule is CCc1cc(Br)ccc1NCC1CCCN1. The number of hydrogen-bond acceptors (Lipinski definition) is 2. The van der Waals surface area contributed by atoms with Gasteiger partial charge in [-0.25, -0.2) is 0 Å². The molecular formula is C13H19BrN2. The van der Waals surface area contributed by atoms with Gasteiger partial charge in [-0.15, -0.1) is 0 Å². The van der Waals surface area contributed by atoms with Crippen molar-refractivity contribution in [1.29, 1.82) is 0 Å². The zero-order valence-corrected chi connectivity index (χ0v) is 11.3. The van der Waals surface area contributed by atoms with Gasteiger partial charge in [-0.2, -0.15) is 0 Å². The van der Waals surface area contributed by atoms with Crippen molar-refractivity contribution >= 4 is 21.6 Å². The monoisotopic (exact) mass is 282 g/mol. The van der Waals surface area contributed by atoms with Crippen LogP contribution in [0.4, 0.5) is 5.69 Å². The molecular weight excluding hydrogens is 264 g/mol. The van der Waals surface area contributed by atoms with E-state index < -0.39 is 0 Å². The molecule has 2 N–H and O–H groups in total. The van der Waals surface area contributed by atoms with Crippen LogP contribution < -0.4 is 10.6 Å². The zero-order chi connectivity index (χ0) is 11.4. The van der Waals surface area contributed by atoms with Crippen LogP contribution in [0.3, 0.4) is 0 Å². The lowest BCUT2D eigenvalue weighted by molar-refractivity contribution is 0.633. The first-order valence-electron chi connectivity index (χ1n) is 6.05. The lowest BCUT2D eigenvalue weighted by atomic mass is 10.1. The highest BCUT2D eigenvalue weighted by Gasteiger charge is 2.13. The Labute approximate surface area is 106 Å². The highest BCUT2D eigenvalue weighted by atomic mass is 79.9. The van der Waals surface area contributed by atoms with Crippen LogP contribution >= 0.6 is 15.9 Å². The first-order valence-corrected chi connectivity index (χ1v) is 6.84. The molecule has 0 aromatic heterocycles. The van der Waals surface area contributed by atoms with Crippen molar-refractivity contribution in [2.75, 3.05) is 18.4 Å². The van der Waals surface area contributed by atoms with Crippen LogP contribution in [-0.2, 0) is 6.42 Å². The summed E-state index contributed by atoms with van der Waals surface area (Å²) in [5.74, 6) is 0. The van der Waals surface area contributed by atoms with E-state index >= 15 is 0 Å². The summed E-state index contributed by atoms with van der Waals surface area (Å²) in [5, 5.41) is 7.05. The highest BCUT2D eigenvalue weighted by Crippen LogP contribution is 2.21. The molecule has 1 unspecified atom stereocenters. The Morgan fingerprint density at radius 1 is 1.50 bits per heavy atom. The largest absolute Gasteiger partial charge is 0.383 e. The lowest BCUT2D eigenvalue weighted by Crippen LogP contribution is -2.29. The van der Waals surface area contributed by atoms with E-state index in [1.165, 1.54) is 30.6 Å². The van der Waals surface area contributed by atoms with Crippen LogP contribution in [0.5, 0.6) is 0 Å². The predicted octanol–water partition coefficient (Wildman–Crippen LogP) is 3.18. The fourth-order valence-corrected chi connectivity index (χ4v) is 2.60. The Hall–Kier alpha value is -0.540. The summed E-state index contributed by atoms with van der Waals surface area (Å²) < 4.78 is 1.16. The molecule has 1 aromatic carbocycles. The van der Waals surface area contributed by atoms with Crippen molar-refractivity contribution < 1.29 is 0 Å². The molecule has 88 valence electrons. The van der Waals surface area contributed by atoms with Crippen LogP contribution in [0.2, 0.25) is 0 Å². The lowest BCUT2D eigenvalue weighted by Gasteiger charge is -2.15. The van der Waals surface area contributed by atoms with E-state index in [9.17, 15) is 0 Å². The molecule has 1 aromatic rings.